The van der Waals surface area contributed by atoms with Gasteiger partial charge >= 0.3 is 0 Å². The second-order valence-corrected chi connectivity index (χ2v) is 5.23. The van der Waals surface area contributed by atoms with Gasteiger partial charge in [-0.05, 0) is 12.8 Å². The lowest BCUT2D eigenvalue weighted by molar-refractivity contribution is 0.925. The van der Waals surface area contributed by atoms with Gasteiger partial charge in [0, 0.05) is 36.5 Å². The number of aryl methyl sites for hydroxylation is 1. The van der Waals surface area contributed by atoms with Crippen LogP contribution in [0.2, 0.25) is 0 Å². The molecule has 2 heterocycles. The molecule has 1 aromatic carbocycles. The molecule has 1 saturated carbocycles. The summed E-state index contributed by atoms with van der Waals surface area (Å²) in [5.41, 5.74) is 2.08. The quantitative estimate of drug-likeness (QED) is 0.792. The van der Waals surface area contributed by atoms with Gasteiger partial charge in [-0.25, -0.2) is 9.97 Å². The number of imidazole rings is 1. The van der Waals surface area contributed by atoms with Gasteiger partial charge in [0.25, 0.3) is 0 Å². The zero-order chi connectivity index (χ0) is 13.5. The van der Waals surface area contributed by atoms with E-state index in [0.29, 0.717) is 5.92 Å². The van der Waals surface area contributed by atoms with Gasteiger partial charge in [0.05, 0.1) is 0 Å². The highest BCUT2D eigenvalue weighted by Gasteiger charge is 2.27. The number of benzene rings is 1. The van der Waals surface area contributed by atoms with E-state index >= 15 is 0 Å². The van der Waals surface area contributed by atoms with Crippen LogP contribution < -0.4 is 0 Å². The van der Waals surface area contributed by atoms with Crippen molar-refractivity contribution in [2.75, 3.05) is 0 Å². The van der Waals surface area contributed by atoms with Crippen LogP contribution in [0.4, 0.5) is 0 Å². The minimum Gasteiger partial charge on any atom is -0.334 e. The minimum absolute atomic E-state index is 0.580. The molecule has 0 spiro atoms. The Hall–Kier alpha value is -2.43. The topological polar surface area (TPSA) is 59.4 Å². The number of hydrogen-bond donors (Lipinski definition) is 1. The molecular weight excluding hydrogens is 250 g/mol. The molecule has 3 aromatic rings. The lowest BCUT2D eigenvalue weighted by Gasteiger charge is -2.06. The largest absolute Gasteiger partial charge is 0.334 e. The lowest BCUT2D eigenvalue weighted by atomic mass is 10.1. The van der Waals surface area contributed by atoms with E-state index in [4.69, 9.17) is 0 Å². The zero-order valence-electron chi connectivity index (χ0n) is 11.2. The molecule has 1 aliphatic carbocycles. The summed E-state index contributed by atoms with van der Waals surface area (Å²) in [6.07, 6.45) is 6.19. The number of aromatic amines is 1. The standard InChI is InChI=1S/C15H15N5/c1-20-9-8-16-15(20)12-5-3-2-4-11(12)14-17-13(18-19-14)10-6-7-10/h2-5,8-10H,6-7H2,1H3,(H,17,18,19). The molecule has 4 rings (SSSR count). The van der Waals surface area contributed by atoms with Gasteiger partial charge in [0.15, 0.2) is 5.82 Å². The highest BCUT2D eigenvalue weighted by atomic mass is 15.2. The van der Waals surface area contributed by atoms with Gasteiger partial charge in [-0.2, -0.15) is 5.10 Å². The molecular formula is C15H15N5. The Morgan fingerprint density at radius 1 is 1.20 bits per heavy atom. The molecule has 1 aliphatic rings. The number of nitrogens with zero attached hydrogens (tertiary/aromatic N) is 4. The fraction of sp³-hybridized carbons (Fsp3) is 0.267. The number of H-pyrrole nitrogens is 1. The van der Waals surface area contributed by atoms with Crippen molar-refractivity contribution in [2.24, 2.45) is 7.05 Å². The van der Waals surface area contributed by atoms with Crippen molar-refractivity contribution in [2.45, 2.75) is 18.8 Å². The SMILES string of the molecule is Cn1ccnc1-c1ccccc1-c1n[nH]c(C2CC2)n1. The third kappa shape index (κ3) is 1.82. The van der Waals surface area contributed by atoms with Crippen LogP contribution in [-0.4, -0.2) is 24.7 Å². The second kappa shape index (κ2) is 4.30. The molecule has 5 nitrogen and oxygen atoms in total. The Bertz CT molecular complexity index is 751. The Morgan fingerprint density at radius 3 is 2.70 bits per heavy atom. The highest BCUT2D eigenvalue weighted by Crippen LogP contribution is 2.39. The molecule has 0 bridgehead atoms. The number of rotatable bonds is 3. The zero-order valence-corrected chi connectivity index (χ0v) is 11.2. The molecule has 0 atom stereocenters. The Balaban J connectivity index is 1.83. The smallest absolute Gasteiger partial charge is 0.181 e. The van der Waals surface area contributed by atoms with Crippen LogP contribution in [-0.2, 0) is 7.05 Å². The van der Waals surface area contributed by atoms with Crippen molar-refractivity contribution >= 4 is 0 Å². The summed E-state index contributed by atoms with van der Waals surface area (Å²) in [7, 11) is 1.99. The minimum atomic E-state index is 0.580. The van der Waals surface area contributed by atoms with Gasteiger partial charge in [0.2, 0.25) is 0 Å². The van der Waals surface area contributed by atoms with Gasteiger partial charge < -0.3 is 4.57 Å². The van der Waals surface area contributed by atoms with Crippen LogP contribution in [0.1, 0.15) is 24.6 Å². The van der Waals surface area contributed by atoms with E-state index < -0.39 is 0 Å². The van der Waals surface area contributed by atoms with E-state index in [9.17, 15) is 0 Å². The highest BCUT2D eigenvalue weighted by molar-refractivity contribution is 5.77. The Labute approximate surface area is 116 Å². The van der Waals surface area contributed by atoms with E-state index in [0.717, 1.165) is 28.6 Å². The van der Waals surface area contributed by atoms with E-state index in [1.54, 1.807) is 6.20 Å². The van der Waals surface area contributed by atoms with Gasteiger partial charge in [-0.15, -0.1) is 0 Å². The molecule has 100 valence electrons. The normalized spacial score (nSPS) is 14.7. The molecule has 0 radical (unpaired) electrons. The van der Waals surface area contributed by atoms with E-state index in [2.05, 4.69) is 26.2 Å². The predicted octanol–water partition coefficient (Wildman–Crippen LogP) is 2.75. The maximum absolute atomic E-state index is 4.64. The summed E-state index contributed by atoms with van der Waals surface area (Å²) >= 11 is 0. The third-order valence-corrected chi connectivity index (χ3v) is 3.70. The summed E-state index contributed by atoms with van der Waals surface area (Å²) in [6.45, 7) is 0. The lowest BCUT2D eigenvalue weighted by Crippen LogP contribution is -1.94. The first-order valence-corrected chi connectivity index (χ1v) is 6.82. The maximum atomic E-state index is 4.64. The fourth-order valence-corrected chi connectivity index (χ4v) is 2.43. The molecule has 20 heavy (non-hydrogen) atoms. The number of hydrogen-bond acceptors (Lipinski definition) is 3. The summed E-state index contributed by atoms with van der Waals surface area (Å²) in [5, 5.41) is 7.44. The van der Waals surface area contributed by atoms with Crippen molar-refractivity contribution in [3.05, 3.63) is 42.5 Å². The van der Waals surface area contributed by atoms with Crippen LogP contribution in [0.15, 0.2) is 36.7 Å². The maximum Gasteiger partial charge on any atom is 0.181 e. The van der Waals surface area contributed by atoms with Crippen molar-refractivity contribution in [3.8, 4) is 22.8 Å². The van der Waals surface area contributed by atoms with Crippen LogP contribution >= 0.6 is 0 Å². The first-order valence-electron chi connectivity index (χ1n) is 6.82. The summed E-state index contributed by atoms with van der Waals surface area (Å²) in [4.78, 5) is 9.06. The van der Waals surface area contributed by atoms with E-state index in [-0.39, 0.29) is 0 Å². The fourth-order valence-electron chi connectivity index (χ4n) is 2.43. The third-order valence-electron chi connectivity index (χ3n) is 3.70. The predicted molar refractivity (Wildman–Crippen MR) is 76.0 cm³/mol. The number of nitrogens with one attached hydrogen (secondary N) is 1. The van der Waals surface area contributed by atoms with Crippen molar-refractivity contribution in [3.63, 3.8) is 0 Å². The Morgan fingerprint density at radius 2 is 2.00 bits per heavy atom. The molecule has 5 heteroatoms. The summed E-state index contributed by atoms with van der Waals surface area (Å²) < 4.78 is 2.01. The molecule has 0 amide bonds. The van der Waals surface area contributed by atoms with Crippen LogP contribution in [0.25, 0.3) is 22.8 Å². The van der Waals surface area contributed by atoms with Crippen LogP contribution in [0.5, 0.6) is 0 Å². The molecule has 2 aromatic heterocycles. The molecule has 0 saturated heterocycles. The van der Waals surface area contributed by atoms with Crippen LogP contribution in [0.3, 0.4) is 0 Å². The van der Waals surface area contributed by atoms with E-state index in [1.165, 1.54) is 12.8 Å². The van der Waals surface area contributed by atoms with E-state index in [1.807, 2.05) is 36.0 Å². The van der Waals surface area contributed by atoms with Gasteiger partial charge in [-0.1, -0.05) is 24.3 Å². The van der Waals surface area contributed by atoms with Gasteiger partial charge in [-0.3, -0.25) is 5.10 Å². The molecule has 1 fully saturated rings. The summed E-state index contributed by atoms with van der Waals surface area (Å²) in [6, 6.07) is 8.13. The Kier molecular flexibility index (Phi) is 2.45. The average molecular weight is 265 g/mol. The van der Waals surface area contributed by atoms with Gasteiger partial charge in [0.1, 0.15) is 11.6 Å². The number of aromatic nitrogens is 5. The van der Waals surface area contributed by atoms with Crippen molar-refractivity contribution in [1.82, 2.24) is 24.7 Å². The second-order valence-electron chi connectivity index (χ2n) is 5.23. The molecule has 0 unspecified atom stereocenters. The van der Waals surface area contributed by atoms with Crippen molar-refractivity contribution < 1.29 is 0 Å². The first kappa shape index (κ1) is 11.4. The van der Waals surface area contributed by atoms with Crippen LogP contribution in [0, 0.1) is 0 Å². The molecule has 1 N–H and O–H groups in total. The van der Waals surface area contributed by atoms with Crippen molar-refractivity contribution in [1.29, 1.82) is 0 Å². The summed E-state index contributed by atoms with van der Waals surface area (Å²) in [5.74, 6) is 3.27. The monoisotopic (exact) mass is 265 g/mol. The first-order chi connectivity index (χ1) is 9.83. The molecule has 0 aliphatic heterocycles. The average Bonchev–Trinajstić information content (AvgIpc) is 3.05.